The lowest BCUT2D eigenvalue weighted by molar-refractivity contribution is -0.138. The molecular formula is C10H9BrF3NO2. The van der Waals surface area contributed by atoms with Crippen molar-refractivity contribution >= 4 is 27.6 Å². The molecule has 1 aromatic carbocycles. The number of nitrogens with one attached hydrogen (secondary N) is 1. The van der Waals surface area contributed by atoms with Crippen molar-refractivity contribution in [1.29, 1.82) is 0 Å². The molecule has 1 atom stereocenters. The van der Waals surface area contributed by atoms with E-state index >= 15 is 0 Å². The number of alkyl halides is 3. The molecule has 0 aliphatic carbocycles. The Labute approximate surface area is 104 Å². The van der Waals surface area contributed by atoms with E-state index in [1.807, 2.05) is 0 Å². The number of carbonyl (C=O) groups is 1. The summed E-state index contributed by atoms with van der Waals surface area (Å²) >= 11 is 3.05. The molecule has 17 heavy (non-hydrogen) atoms. The molecule has 0 saturated carbocycles. The van der Waals surface area contributed by atoms with Crippen LogP contribution in [-0.2, 0) is 11.0 Å². The summed E-state index contributed by atoms with van der Waals surface area (Å²) in [4.78, 5) is 10.6. The zero-order valence-corrected chi connectivity index (χ0v) is 10.3. The zero-order valence-electron chi connectivity index (χ0n) is 8.68. The predicted molar refractivity (Wildman–Crippen MR) is 59.9 cm³/mol. The van der Waals surface area contributed by atoms with Gasteiger partial charge in [-0.2, -0.15) is 13.2 Å². The Kier molecular flexibility index (Phi) is 4.03. The molecular weight excluding hydrogens is 303 g/mol. The molecule has 1 rings (SSSR count). The average molecular weight is 312 g/mol. The molecule has 0 fully saturated rings. The van der Waals surface area contributed by atoms with Crippen molar-refractivity contribution < 1.29 is 23.1 Å². The summed E-state index contributed by atoms with van der Waals surface area (Å²) in [5, 5.41) is 11.1. The van der Waals surface area contributed by atoms with Crippen LogP contribution in [0, 0.1) is 0 Å². The van der Waals surface area contributed by atoms with Gasteiger partial charge in [0.1, 0.15) is 6.04 Å². The van der Waals surface area contributed by atoms with Crippen molar-refractivity contribution in [3.05, 3.63) is 28.2 Å². The fraction of sp³-hybridized carbons (Fsp3) is 0.300. The van der Waals surface area contributed by atoms with Gasteiger partial charge in [-0.05, 0) is 41.1 Å². The molecule has 7 heteroatoms. The summed E-state index contributed by atoms with van der Waals surface area (Å²) in [6.07, 6.45) is -4.45. The van der Waals surface area contributed by atoms with E-state index in [2.05, 4.69) is 21.2 Å². The standard InChI is InChI=1S/C10H9BrF3NO2/c1-5(9(16)17)15-8-4-6(10(12,13)14)2-3-7(8)11/h2-5,15H,1H3,(H,16,17). The third-order valence-corrected chi connectivity index (χ3v) is 2.73. The second-order valence-electron chi connectivity index (χ2n) is 3.40. The zero-order chi connectivity index (χ0) is 13.2. The highest BCUT2D eigenvalue weighted by Gasteiger charge is 2.31. The normalized spacial score (nSPS) is 13.2. The Morgan fingerprint density at radius 3 is 2.53 bits per heavy atom. The first-order valence-corrected chi connectivity index (χ1v) is 5.37. The molecule has 0 aliphatic rings. The van der Waals surface area contributed by atoms with Gasteiger partial charge in [-0.25, -0.2) is 0 Å². The lowest BCUT2D eigenvalue weighted by Gasteiger charge is -2.15. The van der Waals surface area contributed by atoms with Crippen molar-refractivity contribution in [2.24, 2.45) is 0 Å². The van der Waals surface area contributed by atoms with Crippen LogP contribution >= 0.6 is 15.9 Å². The van der Waals surface area contributed by atoms with Gasteiger partial charge < -0.3 is 10.4 Å². The number of aliphatic carboxylic acids is 1. The number of halogens is 4. The fourth-order valence-corrected chi connectivity index (χ4v) is 1.47. The van der Waals surface area contributed by atoms with E-state index in [-0.39, 0.29) is 5.69 Å². The number of hydrogen-bond acceptors (Lipinski definition) is 2. The van der Waals surface area contributed by atoms with Crippen LogP contribution < -0.4 is 5.32 Å². The van der Waals surface area contributed by atoms with Gasteiger partial charge in [0.2, 0.25) is 0 Å². The Morgan fingerprint density at radius 1 is 1.47 bits per heavy atom. The van der Waals surface area contributed by atoms with E-state index in [4.69, 9.17) is 5.11 Å². The molecule has 0 radical (unpaired) electrons. The molecule has 0 amide bonds. The van der Waals surface area contributed by atoms with Crippen LogP contribution in [0.2, 0.25) is 0 Å². The van der Waals surface area contributed by atoms with Gasteiger partial charge in [-0.1, -0.05) is 0 Å². The number of hydrogen-bond donors (Lipinski definition) is 2. The molecule has 0 aromatic heterocycles. The van der Waals surface area contributed by atoms with E-state index in [1.165, 1.54) is 13.0 Å². The van der Waals surface area contributed by atoms with Gasteiger partial charge in [0.25, 0.3) is 0 Å². The fourth-order valence-electron chi connectivity index (χ4n) is 1.11. The molecule has 0 saturated heterocycles. The quantitative estimate of drug-likeness (QED) is 0.900. The number of anilines is 1. The molecule has 3 nitrogen and oxygen atoms in total. The van der Waals surface area contributed by atoms with Gasteiger partial charge in [0.15, 0.2) is 0 Å². The van der Waals surface area contributed by atoms with Crippen LogP contribution in [0.15, 0.2) is 22.7 Å². The smallest absolute Gasteiger partial charge is 0.416 e. The van der Waals surface area contributed by atoms with E-state index in [1.54, 1.807) is 0 Å². The van der Waals surface area contributed by atoms with Crippen molar-refractivity contribution in [1.82, 2.24) is 0 Å². The van der Waals surface area contributed by atoms with Crippen LogP contribution in [0.1, 0.15) is 12.5 Å². The number of carboxylic acids is 1. The first-order chi connectivity index (χ1) is 7.71. The maximum Gasteiger partial charge on any atom is 0.416 e. The molecule has 1 unspecified atom stereocenters. The number of carboxylic acid groups (broad SMARTS) is 1. The van der Waals surface area contributed by atoms with Crippen LogP contribution in [0.4, 0.5) is 18.9 Å². The second-order valence-corrected chi connectivity index (χ2v) is 4.25. The highest BCUT2D eigenvalue weighted by atomic mass is 79.9. The van der Waals surface area contributed by atoms with Crippen molar-refractivity contribution in [2.75, 3.05) is 5.32 Å². The Hall–Kier alpha value is -1.24. The van der Waals surface area contributed by atoms with E-state index in [0.29, 0.717) is 4.47 Å². The Morgan fingerprint density at radius 2 is 2.06 bits per heavy atom. The Bertz CT molecular complexity index is 434. The maximum atomic E-state index is 12.4. The minimum absolute atomic E-state index is 0.0923. The number of rotatable bonds is 3. The summed E-state index contributed by atoms with van der Waals surface area (Å²) in [5.74, 6) is -1.14. The highest BCUT2D eigenvalue weighted by Crippen LogP contribution is 2.34. The van der Waals surface area contributed by atoms with Crippen LogP contribution in [0.5, 0.6) is 0 Å². The second kappa shape index (κ2) is 4.95. The summed E-state index contributed by atoms with van der Waals surface area (Å²) in [7, 11) is 0. The first kappa shape index (κ1) is 13.8. The largest absolute Gasteiger partial charge is 0.480 e. The monoisotopic (exact) mass is 311 g/mol. The predicted octanol–water partition coefficient (Wildman–Crippen LogP) is 3.35. The molecule has 1 aromatic rings. The Balaban J connectivity index is 3.03. The molecule has 94 valence electrons. The van der Waals surface area contributed by atoms with Gasteiger partial charge >= 0.3 is 12.1 Å². The number of benzene rings is 1. The van der Waals surface area contributed by atoms with Gasteiger partial charge in [-0.15, -0.1) is 0 Å². The molecule has 0 aliphatic heterocycles. The van der Waals surface area contributed by atoms with Gasteiger partial charge in [0.05, 0.1) is 5.56 Å². The first-order valence-electron chi connectivity index (χ1n) is 4.58. The van der Waals surface area contributed by atoms with Crippen molar-refractivity contribution in [3.8, 4) is 0 Å². The molecule has 0 bridgehead atoms. The third-order valence-electron chi connectivity index (χ3n) is 2.04. The summed E-state index contributed by atoms with van der Waals surface area (Å²) in [6.45, 7) is 1.34. The summed E-state index contributed by atoms with van der Waals surface area (Å²) < 4.78 is 37.7. The molecule has 2 N–H and O–H groups in total. The van der Waals surface area contributed by atoms with E-state index in [9.17, 15) is 18.0 Å². The van der Waals surface area contributed by atoms with Crippen LogP contribution in [-0.4, -0.2) is 17.1 Å². The molecule has 0 heterocycles. The minimum atomic E-state index is -4.45. The maximum absolute atomic E-state index is 12.4. The van der Waals surface area contributed by atoms with Crippen molar-refractivity contribution in [3.63, 3.8) is 0 Å². The van der Waals surface area contributed by atoms with E-state index < -0.39 is 23.8 Å². The lowest BCUT2D eigenvalue weighted by Crippen LogP contribution is -2.25. The van der Waals surface area contributed by atoms with Gasteiger partial charge in [0, 0.05) is 10.2 Å². The van der Waals surface area contributed by atoms with Crippen molar-refractivity contribution in [2.45, 2.75) is 19.1 Å². The summed E-state index contributed by atoms with van der Waals surface area (Å²) in [6, 6.07) is 2.03. The average Bonchev–Trinajstić information content (AvgIpc) is 2.19. The van der Waals surface area contributed by atoms with Gasteiger partial charge in [-0.3, -0.25) is 4.79 Å². The highest BCUT2D eigenvalue weighted by molar-refractivity contribution is 9.10. The molecule has 0 spiro atoms. The lowest BCUT2D eigenvalue weighted by atomic mass is 10.2. The van der Waals surface area contributed by atoms with Crippen LogP contribution in [0.25, 0.3) is 0 Å². The van der Waals surface area contributed by atoms with E-state index in [0.717, 1.165) is 12.1 Å². The van der Waals surface area contributed by atoms with Crippen LogP contribution in [0.3, 0.4) is 0 Å². The topological polar surface area (TPSA) is 49.3 Å². The minimum Gasteiger partial charge on any atom is -0.480 e. The summed E-state index contributed by atoms with van der Waals surface area (Å²) in [5.41, 5.74) is -0.740. The SMILES string of the molecule is CC(Nc1cc(C(F)(F)F)ccc1Br)C(=O)O. The third kappa shape index (κ3) is 3.62.